The second kappa shape index (κ2) is 5.42. The molecule has 0 heterocycles. The Balaban J connectivity index is 3.67. The van der Waals surface area contributed by atoms with Crippen LogP contribution in [0.3, 0.4) is 0 Å². The number of amides is 1. The number of halogens is 1. The minimum Gasteiger partial charge on any atom is -0.352 e. The highest BCUT2D eigenvalue weighted by Crippen LogP contribution is 2.06. The van der Waals surface area contributed by atoms with Crippen LogP contribution in [0.1, 0.15) is 33.6 Å². The standard InChI is InChI=1S/C8H16ClNO/c1-4-7(9)6(3)10-8(11)5-2/h6-7H,4-5H2,1-3H3,(H,10,11). The Kier molecular flexibility index (Phi) is 5.30. The molecule has 66 valence electrons. The molecule has 0 aromatic rings. The second-order valence-corrected chi connectivity index (χ2v) is 3.19. The third kappa shape index (κ3) is 4.25. The lowest BCUT2D eigenvalue weighted by Crippen LogP contribution is -2.38. The highest BCUT2D eigenvalue weighted by atomic mass is 35.5. The van der Waals surface area contributed by atoms with Crippen molar-refractivity contribution in [2.24, 2.45) is 0 Å². The van der Waals surface area contributed by atoms with Gasteiger partial charge in [0.25, 0.3) is 0 Å². The van der Waals surface area contributed by atoms with Crippen molar-refractivity contribution in [3.63, 3.8) is 0 Å². The van der Waals surface area contributed by atoms with Crippen molar-refractivity contribution >= 4 is 17.5 Å². The van der Waals surface area contributed by atoms with E-state index in [1.54, 1.807) is 0 Å². The Morgan fingerprint density at radius 3 is 2.45 bits per heavy atom. The maximum absolute atomic E-state index is 10.9. The summed E-state index contributed by atoms with van der Waals surface area (Å²) in [6.45, 7) is 5.76. The van der Waals surface area contributed by atoms with Crippen LogP contribution in [-0.4, -0.2) is 17.3 Å². The van der Waals surface area contributed by atoms with Gasteiger partial charge in [-0.05, 0) is 13.3 Å². The summed E-state index contributed by atoms with van der Waals surface area (Å²) in [5.41, 5.74) is 0. The molecule has 0 aromatic heterocycles. The number of hydrogen-bond donors (Lipinski definition) is 1. The van der Waals surface area contributed by atoms with Gasteiger partial charge in [0.05, 0.1) is 5.38 Å². The van der Waals surface area contributed by atoms with Gasteiger partial charge in [0.1, 0.15) is 0 Å². The molecule has 0 rings (SSSR count). The normalized spacial score (nSPS) is 15.6. The number of rotatable bonds is 4. The van der Waals surface area contributed by atoms with E-state index in [1.165, 1.54) is 0 Å². The molecule has 0 fully saturated rings. The Labute approximate surface area is 73.3 Å². The number of carbonyl (C=O) groups excluding carboxylic acids is 1. The van der Waals surface area contributed by atoms with Gasteiger partial charge in [-0.15, -0.1) is 11.6 Å². The fourth-order valence-electron chi connectivity index (χ4n) is 0.800. The molecule has 1 N–H and O–H groups in total. The van der Waals surface area contributed by atoms with E-state index >= 15 is 0 Å². The zero-order chi connectivity index (χ0) is 8.85. The van der Waals surface area contributed by atoms with Crippen LogP contribution in [0.2, 0.25) is 0 Å². The molecule has 11 heavy (non-hydrogen) atoms. The average Bonchev–Trinajstić information content (AvgIpc) is 2.02. The van der Waals surface area contributed by atoms with Gasteiger partial charge >= 0.3 is 0 Å². The Morgan fingerprint density at radius 1 is 1.55 bits per heavy atom. The Hall–Kier alpha value is -0.240. The molecule has 0 bridgehead atoms. The maximum Gasteiger partial charge on any atom is 0.219 e. The number of alkyl halides is 1. The van der Waals surface area contributed by atoms with E-state index < -0.39 is 0 Å². The fraction of sp³-hybridized carbons (Fsp3) is 0.875. The van der Waals surface area contributed by atoms with E-state index in [1.807, 2.05) is 20.8 Å². The largest absolute Gasteiger partial charge is 0.352 e. The molecular formula is C8H16ClNO. The van der Waals surface area contributed by atoms with Gasteiger partial charge in [-0.3, -0.25) is 4.79 Å². The summed E-state index contributed by atoms with van der Waals surface area (Å²) in [5.74, 6) is 0.0663. The predicted molar refractivity (Wildman–Crippen MR) is 47.8 cm³/mol. The van der Waals surface area contributed by atoms with Gasteiger partial charge in [0.15, 0.2) is 0 Å². The molecule has 3 heteroatoms. The summed E-state index contributed by atoms with van der Waals surface area (Å²) >= 11 is 5.90. The van der Waals surface area contributed by atoms with Gasteiger partial charge in [-0.2, -0.15) is 0 Å². The third-order valence-corrected chi connectivity index (χ3v) is 2.33. The topological polar surface area (TPSA) is 29.1 Å². The van der Waals surface area contributed by atoms with Crippen LogP contribution >= 0.6 is 11.6 Å². The van der Waals surface area contributed by atoms with E-state index in [-0.39, 0.29) is 17.3 Å². The van der Waals surface area contributed by atoms with Crippen LogP contribution in [0, 0.1) is 0 Å². The molecule has 0 saturated heterocycles. The summed E-state index contributed by atoms with van der Waals surface area (Å²) in [6.07, 6.45) is 1.41. The summed E-state index contributed by atoms with van der Waals surface area (Å²) in [5, 5.41) is 2.86. The molecule has 2 atom stereocenters. The maximum atomic E-state index is 10.9. The summed E-state index contributed by atoms with van der Waals surface area (Å²) < 4.78 is 0. The summed E-state index contributed by atoms with van der Waals surface area (Å²) in [6, 6.07) is 0.0779. The molecular weight excluding hydrogens is 162 g/mol. The molecule has 2 nitrogen and oxygen atoms in total. The first kappa shape index (κ1) is 10.8. The van der Waals surface area contributed by atoms with E-state index in [9.17, 15) is 4.79 Å². The van der Waals surface area contributed by atoms with E-state index in [2.05, 4.69) is 5.32 Å². The molecule has 0 aliphatic carbocycles. The lowest BCUT2D eigenvalue weighted by Gasteiger charge is -2.17. The van der Waals surface area contributed by atoms with Crippen LogP contribution in [0.25, 0.3) is 0 Å². The van der Waals surface area contributed by atoms with E-state index in [0.29, 0.717) is 6.42 Å². The van der Waals surface area contributed by atoms with Gasteiger partial charge < -0.3 is 5.32 Å². The van der Waals surface area contributed by atoms with Gasteiger partial charge in [-0.1, -0.05) is 13.8 Å². The highest BCUT2D eigenvalue weighted by molar-refractivity contribution is 6.21. The van der Waals surface area contributed by atoms with E-state index in [0.717, 1.165) is 6.42 Å². The van der Waals surface area contributed by atoms with Crippen molar-refractivity contribution in [1.82, 2.24) is 5.32 Å². The minimum absolute atomic E-state index is 0.0468. The van der Waals surface area contributed by atoms with Crippen molar-refractivity contribution in [3.8, 4) is 0 Å². The predicted octanol–water partition coefficient (Wildman–Crippen LogP) is 1.92. The molecule has 2 unspecified atom stereocenters. The molecule has 0 saturated carbocycles. The Morgan fingerprint density at radius 2 is 2.09 bits per heavy atom. The first-order valence-corrected chi connectivity index (χ1v) is 4.48. The third-order valence-electron chi connectivity index (χ3n) is 1.64. The number of nitrogens with one attached hydrogen (secondary N) is 1. The molecule has 0 aromatic carbocycles. The first-order chi connectivity index (χ1) is 5.11. The summed E-state index contributed by atoms with van der Waals surface area (Å²) in [4.78, 5) is 10.9. The lowest BCUT2D eigenvalue weighted by molar-refractivity contribution is -0.121. The summed E-state index contributed by atoms with van der Waals surface area (Å²) in [7, 11) is 0. The first-order valence-electron chi connectivity index (χ1n) is 4.05. The van der Waals surface area contributed by atoms with Crippen LogP contribution in [-0.2, 0) is 4.79 Å². The smallest absolute Gasteiger partial charge is 0.219 e. The average molecular weight is 178 g/mol. The van der Waals surface area contributed by atoms with Crippen LogP contribution in [0.15, 0.2) is 0 Å². The number of hydrogen-bond acceptors (Lipinski definition) is 1. The molecule has 0 aliphatic heterocycles. The van der Waals surface area contributed by atoms with Crippen molar-refractivity contribution < 1.29 is 4.79 Å². The highest BCUT2D eigenvalue weighted by Gasteiger charge is 2.13. The monoisotopic (exact) mass is 177 g/mol. The molecule has 0 spiro atoms. The van der Waals surface area contributed by atoms with E-state index in [4.69, 9.17) is 11.6 Å². The molecule has 1 amide bonds. The van der Waals surface area contributed by atoms with Gasteiger partial charge in [-0.25, -0.2) is 0 Å². The quantitative estimate of drug-likeness (QED) is 0.654. The van der Waals surface area contributed by atoms with Crippen LogP contribution in [0.5, 0.6) is 0 Å². The number of carbonyl (C=O) groups is 1. The molecule has 0 radical (unpaired) electrons. The van der Waals surface area contributed by atoms with Crippen molar-refractivity contribution in [3.05, 3.63) is 0 Å². The molecule has 0 aliphatic rings. The van der Waals surface area contributed by atoms with Crippen LogP contribution in [0.4, 0.5) is 0 Å². The van der Waals surface area contributed by atoms with Gasteiger partial charge in [0.2, 0.25) is 5.91 Å². The fourth-order valence-corrected chi connectivity index (χ4v) is 0.863. The second-order valence-electron chi connectivity index (χ2n) is 2.63. The zero-order valence-electron chi connectivity index (χ0n) is 7.36. The van der Waals surface area contributed by atoms with Crippen molar-refractivity contribution in [2.45, 2.75) is 45.0 Å². The lowest BCUT2D eigenvalue weighted by atomic mass is 10.2. The Bertz CT molecular complexity index is 127. The minimum atomic E-state index is 0.0468. The van der Waals surface area contributed by atoms with Gasteiger partial charge in [0, 0.05) is 12.5 Å². The zero-order valence-corrected chi connectivity index (χ0v) is 8.11. The van der Waals surface area contributed by atoms with Crippen molar-refractivity contribution in [1.29, 1.82) is 0 Å². The van der Waals surface area contributed by atoms with Crippen molar-refractivity contribution in [2.75, 3.05) is 0 Å². The SMILES string of the molecule is CCC(=O)NC(C)C(Cl)CC. The van der Waals surface area contributed by atoms with Crippen LogP contribution < -0.4 is 5.32 Å².